The monoisotopic (exact) mass is 428 g/mol. The number of urea groups is 1. The van der Waals surface area contributed by atoms with Gasteiger partial charge in [0.1, 0.15) is 17.9 Å². The first-order chi connectivity index (χ1) is 13.8. The first-order valence-electron chi connectivity index (χ1n) is 8.35. The lowest BCUT2D eigenvalue weighted by molar-refractivity contribution is -0.122. The lowest BCUT2D eigenvalue weighted by Crippen LogP contribution is -2.54. The minimum absolute atomic E-state index is 0.00950. The zero-order valence-electron chi connectivity index (χ0n) is 15.2. The number of hydrogen-bond acceptors (Lipinski definition) is 4. The van der Waals surface area contributed by atoms with Crippen molar-refractivity contribution >= 4 is 52.8 Å². The highest BCUT2D eigenvalue weighted by atomic mass is 35.5. The van der Waals surface area contributed by atoms with Crippen LogP contribution in [0.25, 0.3) is 6.08 Å². The molecule has 29 heavy (non-hydrogen) atoms. The fraction of sp³-hybridized carbons (Fsp3) is 0.0952. The van der Waals surface area contributed by atoms with E-state index in [2.05, 4.69) is 11.2 Å². The minimum atomic E-state index is -0.869. The van der Waals surface area contributed by atoms with E-state index in [1.54, 1.807) is 31.2 Å². The number of terminal acetylenes is 1. The number of imide groups is 2. The molecule has 0 radical (unpaired) electrons. The van der Waals surface area contributed by atoms with E-state index in [0.29, 0.717) is 21.4 Å². The maximum absolute atomic E-state index is 13.0. The van der Waals surface area contributed by atoms with Gasteiger partial charge in [-0.2, -0.15) is 0 Å². The van der Waals surface area contributed by atoms with Crippen LogP contribution < -0.4 is 15.0 Å². The Hall–Kier alpha value is -3.27. The summed E-state index contributed by atoms with van der Waals surface area (Å²) in [7, 11) is 0. The molecule has 0 saturated carbocycles. The van der Waals surface area contributed by atoms with Crippen LogP contribution in [0.1, 0.15) is 11.1 Å². The second kappa shape index (κ2) is 8.39. The third-order valence-electron chi connectivity index (χ3n) is 4.10. The summed E-state index contributed by atoms with van der Waals surface area (Å²) >= 11 is 12.1. The molecule has 0 unspecified atom stereocenters. The fourth-order valence-electron chi connectivity index (χ4n) is 2.65. The van der Waals surface area contributed by atoms with Crippen LogP contribution in [0.5, 0.6) is 5.75 Å². The summed E-state index contributed by atoms with van der Waals surface area (Å²) in [6.45, 7) is 1.78. The smallest absolute Gasteiger partial charge is 0.335 e. The standard InChI is InChI=1S/C21H14Cl2N2O4/c1-3-8-29-18-7-5-14(22)9-13(18)10-16-19(26)24-21(28)25(20(16)27)15-6-4-12(2)17(23)11-15/h1,4-7,9-11H,8H2,2H3,(H,24,26,28)/b16-10+. The summed E-state index contributed by atoms with van der Waals surface area (Å²) in [5.41, 5.74) is 1.11. The number of barbiturate groups is 1. The van der Waals surface area contributed by atoms with E-state index >= 15 is 0 Å². The van der Waals surface area contributed by atoms with Crippen molar-refractivity contribution in [1.82, 2.24) is 5.32 Å². The summed E-state index contributed by atoms with van der Waals surface area (Å²) < 4.78 is 5.43. The largest absolute Gasteiger partial charge is 0.480 e. The van der Waals surface area contributed by atoms with Crippen LogP contribution in [0, 0.1) is 19.3 Å². The van der Waals surface area contributed by atoms with Crippen molar-refractivity contribution in [3.63, 3.8) is 0 Å². The summed E-state index contributed by atoms with van der Waals surface area (Å²) in [4.78, 5) is 38.5. The quantitative estimate of drug-likeness (QED) is 0.453. The molecule has 4 amide bonds. The molecule has 1 N–H and O–H groups in total. The summed E-state index contributed by atoms with van der Waals surface area (Å²) in [6.07, 6.45) is 6.51. The molecule has 146 valence electrons. The average Bonchev–Trinajstić information content (AvgIpc) is 2.67. The SMILES string of the molecule is C#CCOc1ccc(Cl)cc1/C=C1\C(=O)NC(=O)N(c2ccc(C)c(Cl)c2)C1=O. The van der Waals surface area contributed by atoms with Crippen LogP contribution in [0.15, 0.2) is 42.0 Å². The zero-order valence-corrected chi connectivity index (χ0v) is 16.7. The minimum Gasteiger partial charge on any atom is -0.480 e. The molecule has 3 rings (SSSR count). The highest BCUT2D eigenvalue weighted by Crippen LogP contribution is 2.29. The molecule has 1 saturated heterocycles. The number of carbonyl (C=O) groups is 3. The fourth-order valence-corrected chi connectivity index (χ4v) is 3.01. The van der Waals surface area contributed by atoms with Gasteiger partial charge in [0.15, 0.2) is 0 Å². The number of nitrogens with one attached hydrogen (secondary N) is 1. The summed E-state index contributed by atoms with van der Waals surface area (Å²) in [5, 5.41) is 2.90. The van der Waals surface area contributed by atoms with Crippen LogP contribution in [0.2, 0.25) is 10.0 Å². The van der Waals surface area contributed by atoms with Crippen LogP contribution in [-0.4, -0.2) is 24.5 Å². The Morgan fingerprint density at radius 2 is 1.93 bits per heavy atom. The van der Waals surface area contributed by atoms with Gasteiger partial charge in [-0.15, -0.1) is 6.42 Å². The van der Waals surface area contributed by atoms with Crippen molar-refractivity contribution in [3.8, 4) is 18.1 Å². The third-order valence-corrected chi connectivity index (χ3v) is 4.74. The van der Waals surface area contributed by atoms with Gasteiger partial charge >= 0.3 is 6.03 Å². The van der Waals surface area contributed by atoms with Crippen molar-refractivity contribution in [1.29, 1.82) is 0 Å². The van der Waals surface area contributed by atoms with E-state index in [1.807, 2.05) is 0 Å². The number of hydrogen-bond donors (Lipinski definition) is 1. The molecule has 0 spiro atoms. The Labute approximate surface area is 177 Å². The van der Waals surface area contributed by atoms with Crippen molar-refractivity contribution in [2.45, 2.75) is 6.92 Å². The van der Waals surface area contributed by atoms with Crippen LogP contribution in [0.3, 0.4) is 0 Å². The third kappa shape index (κ3) is 4.27. The molecule has 0 atom stereocenters. The maximum atomic E-state index is 13.0. The van der Waals surface area contributed by atoms with Crippen molar-refractivity contribution in [2.75, 3.05) is 11.5 Å². The molecule has 8 heteroatoms. The summed E-state index contributed by atoms with van der Waals surface area (Å²) in [6, 6.07) is 8.51. The molecule has 6 nitrogen and oxygen atoms in total. The van der Waals surface area contributed by atoms with Gasteiger partial charge in [-0.1, -0.05) is 35.2 Å². The number of carbonyl (C=O) groups excluding carboxylic acids is 3. The van der Waals surface area contributed by atoms with Crippen LogP contribution in [-0.2, 0) is 9.59 Å². The second-order valence-corrected chi connectivity index (χ2v) is 6.91. The molecule has 2 aromatic rings. The van der Waals surface area contributed by atoms with E-state index in [9.17, 15) is 14.4 Å². The van der Waals surface area contributed by atoms with Crippen LogP contribution >= 0.6 is 23.2 Å². The van der Waals surface area contributed by atoms with E-state index < -0.39 is 17.8 Å². The second-order valence-electron chi connectivity index (χ2n) is 6.07. The van der Waals surface area contributed by atoms with Gasteiger partial charge in [0, 0.05) is 15.6 Å². The predicted octanol–water partition coefficient (Wildman–Crippen LogP) is 3.98. The normalized spacial score (nSPS) is 15.3. The molecule has 1 aliphatic rings. The van der Waals surface area contributed by atoms with E-state index in [0.717, 1.165) is 10.5 Å². The van der Waals surface area contributed by atoms with Crippen molar-refractivity contribution < 1.29 is 19.1 Å². The Balaban J connectivity index is 2.05. The lowest BCUT2D eigenvalue weighted by Gasteiger charge is -2.26. The van der Waals surface area contributed by atoms with Gasteiger partial charge in [-0.3, -0.25) is 14.9 Å². The number of halogens is 2. The molecular formula is C21H14Cl2N2O4. The molecule has 2 aromatic carbocycles. The maximum Gasteiger partial charge on any atom is 0.335 e. The number of anilines is 1. The highest BCUT2D eigenvalue weighted by Gasteiger charge is 2.37. The van der Waals surface area contributed by atoms with Crippen molar-refractivity contribution in [3.05, 3.63) is 63.1 Å². The molecule has 0 aliphatic carbocycles. The number of nitrogens with zero attached hydrogens (tertiary/aromatic N) is 1. The van der Waals surface area contributed by atoms with Gasteiger partial charge in [0.25, 0.3) is 11.8 Å². The Morgan fingerprint density at radius 1 is 1.17 bits per heavy atom. The van der Waals surface area contributed by atoms with Crippen molar-refractivity contribution in [2.24, 2.45) is 0 Å². The number of rotatable bonds is 4. The first-order valence-corrected chi connectivity index (χ1v) is 9.11. The number of aryl methyl sites for hydroxylation is 1. The van der Waals surface area contributed by atoms with Gasteiger partial charge in [0.05, 0.1) is 5.69 Å². The van der Waals surface area contributed by atoms with E-state index in [1.165, 1.54) is 18.2 Å². The topological polar surface area (TPSA) is 75.7 Å². The van der Waals surface area contributed by atoms with Gasteiger partial charge in [-0.05, 0) is 48.9 Å². The Kier molecular flexibility index (Phi) is 5.92. The molecule has 0 bridgehead atoms. The van der Waals surface area contributed by atoms with Gasteiger partial charge in [0.2, 0.25) is 0 Å². The van der Waals surface area contributed by atoms with E-state index in [-0.39, 0.29) is 17.9 Å². The molecular weight excluding hydrogens is 415 g/mol. The molecule has 1 fully saturated rings. The predicted molar refractivity (Wildman–Crippen MR) is 111 cm³/mol. The average molecular weight is 429 g/mol. The number of ether oxygens (including phenoxy) is 1. The highest BCUT2D eigenvalue weighted by molar-refractivity contribution is 6.39. The molecule has 0 aromatic heterocycles. The zero-order chi connectivity index (χ0) is 21.1. The number of amides is 4. The van der Waals surface area contributed by atoms with E-state index in [4.69, 9.17) is 34.4 Å². The summed E-state index contributed by atoms with van der Waals surface area (Å²) in [5.74, 6) is 1.03. The number of benzene rings is 2. The lowest BCUT2D eigenvalue weighted by atomic mass is 10.1. The van der Waals surface area contributed by atoms with Gasteiger partial charge < -0.3 is 4.74 Å². The van der Waals surface area contributed by atoms with Gasteiger partial charge in [-0.25, -0.2) is 9.69 Å². The molecule has 1 heterocycles. The Morgan fingerprint density at radius 3 is 2.62 bits per heavy atom. The molecule has 1 aliphatic heterocycles. The first kappa shape index (κ1) is 20.5. The van der Waals surface area contributed by atoms with Crippen LogP contribution in [0.4, 0.5) is 10.5 Å². The Bertz CT molecular complexity index is 1100.